The van der Waals surface area contributed by atoms with E-state index in [2.05, 4.69) is 16.3 Å². The summed E-state index contributed by atoms with van der Waals surface area (Å²) in [6.07, 6.45) is 3.81. The highest BCUT2D eigenvalue weighted by molar-refractivity contribution is 5.92. The van der Waals surface area contributed by atoms with Gasteiger partial charge in [0.25, 0.3) is 0 Å². The van der Waals surface area contributed by atoms with Crippen LogP contribution in [-0.2, 0) is 4.79 Å². The lowest BCUT2D eigenvalue weighted by molar-refractivity contribution is -0.117. The molecule has 0 saturated carbocycles. The molecule has 1 aromatic rings. The molecule has 1 aliphatic rings. The first-order valence-electron chi connectivity index (χ1n) is 7.71. The fourth-order valence-electron chi connectivity index (χ4n) is 2.96. The number of rotatable bonds is 6. The number of aliphatic hydroxyl groups is 1. The van der Waals surface area contributed by atoms with E-state index in [0.29, 0.717) is 23.9 Å². The molecule has 0 aliphatic carbocycles. The Morgan fingerprint density at radius 1 is 1.55 bits per heavy atom. The number of hydrogen-bond donors (Lipinski definition) is 2. The summed E-state index contributed by atoms with van der Waals surface area (Å²) >= 11 is 0. The normalized spacial score (nSPS) is 18.4. The van der Waals surface area contributed by atoms with Crippen LogP contribution >= 0.6 is 0 Å². The van der Waals surface area contributed by atoms with Crippen molar-refractivity contribution in [2.24, 2.45) is 0 Å². The number of anilines is 1. The van der Waals surface area contributed by atoms with Crippen LogP contribution in [0.3, 0.4) is 0 Å². The van der Waals surface area contributed by atoms with Crippen LogP contribution in [0.4, 0.5) is 5.88 Å². The van der Waals surface area contributed by atoms with Crippen LogP contribution in [0, 0.1) is 25.2 Å². The fourth-order valence-corrected chi connectivity index (χ4v) is 2.96. The minimum atomic E-state index is -0.166. The van der Waals surface area contributed by atoms with Gasteiger partial charge in [0, 0.05) is 18.2 Å². The number of furan rings is 1. The molecule has 6 heteroatoms. The molecule has 1 unspecified atom stereocenters. The molecule has 0 bridgehead atoms. The summed E-state index contributed by atoms with van der Waals surface area (Å²) in [5.41, 5.74) is 1.16. The zero-order valence-corrected chi connectivity index (χ0v) is 13.2. The second kappa shape index (κ2) is 7.43. The molecule has 1 atom stereocenters. The Bertz CT molecular complexity index is 574. The van der Waals surface area contributed by atoms with Crippen molar-refractivity contribution in [1.82, 2.24) is 4.90 Å². The summed E-state index contributed by atoms with van der Waals surface area (Å²) in [7, 11) is 0. The van der Waals surface area contributed by atoms with Gasteiger partial charge in [-0.2, -0.15) is 5.26 Å². The van der Waals surface area contributed by atoms with E-state index in [9.17, 15) is 4.79 Å². The van der Waals surface area contributed by atoms with Crippen LogP contribution in [0.5, 0.6) is 0 Å². The van der Waals surface area contributed by atoms with Crippen molar-refractivity contribution >= 4 is 11.8 Å². The Balaban J connectivity index is 1.96. The van der Waals surface area contributed by atoms with Gasteiger partial charge in [-0.3, -0.25) is 15.0 Å². The number of likely N-dealkylation sites (tertiary alicyclic amines) is 1. The molecule has 22 heavy (non-hydrogen) atoms. The smallest absolute Gasteiger partial charge is 0.240 e. The summed E-state index contributed by atoms with van der Waals surface area (Å²) in [5, 5.41) is 20.8. The highest BCUT2D eigenvalue weighted by atomic mass is 16.4. The van der Waals surface area contributed by atoms with Crippen LogP contribution in [0.15, 0.2) is 4.42 Å². The van der Waals surface area contributed by atoms with E-state index in [1.807, 2.05) is 0 Å². The van der Waals surface area contributed by atoms with E-state index in [1.165, 1.54) is 0 Å². The summed E-state index contributed by atoms with van der Waals surface area (Å²) in [6.45, 7) is 4.95. The molecule has 1 saturated heterocycles. The number of nitrogens with one attached hydrogen (secondary N) is 1. The van der Waals surface area contributed by atoms with E-state index in [4.69, 9.17) is 14.8 Å². The molecule has 1 aromatic heterocycles. The van der Waals surface area contributed by atoms with E-state index < -0.39 is 0 Å². The van der Waals surface area contributed by atoms with Gasteiger partial charge in [0.15, 0.2) is 0 Å². The number of nitriles is 1. The Morgan fingerprint density at radius 3 is 3.00 bits per heavy atom. The Kier molecular flexibility index (Phi) is 5.58. The van der Waals surface area contributed by atoms with Crippen molar-refractivity contribution in [3.63, 3.8) is 0 Å². The molecule has 1 amide bonds. The lowest BCUT2D eigenvalue weighted by atomic mass is 10.1. The zero-order chi connectivity index (χ0) is 16.1. The maximum atomic E-state index is 12.2. The van der Waals surface area contributed by atoms with Gasteiger partial charge in [-0.1, -0.05) is 0 Å². The van der Waals surface area contributed by atoms with Gasteiger partial charge in [0.2, 0.25) is 11.8 Å². The highest BCUT2D eigenvalue weighted by Crippen LogP contribution is 2.26. The number of hydrogen-bond acceptors (Lipinski definition) is 5. The number of aryl methyl sites for hydroxylation is 1. The monoisotopic (exact) mass is 305 g/mol. The van der Waals surface area contributed by atoms with Crippen molar-refractivity contribution < 1.29 is 14.3 Å². The van der Waals surface area contributed by atoms with Gasteiger partial charge in [-0.25, -0.2) is 0 Å². The number of carbonyl (C=O) groups is 1. The van der Waals surface area contributed by atoms with E-state index in [0.717, 1.165) is 37.8 Å². The first-order valence-corrected chi connectivity index (χ1v) is 7.71. The van der Waals surface area contributed by atoms with Gasteiger partial charge < -0.3 is 9.52 Å². The predicted octanol–water partition coefficient (Wildman–Crippen LogP) is 1.94. The lowest BCUT2D eigenvalue weighted by Crippen LogP contribution is -2.37. The molecule has 0 radical (unpaired) electrons. The largest absolute Gasteiger partial charge is 0.444 e. The van der Waals surface area contributed by atoms with Crippen molar-refractivity contribution in [3.05, 3.63) is 16.9 Å². The average Bonchev–Trinajstić information content (AvgIpc) is 3.02. The van der Waals surface area contributed by atoms with Crippen LogP contribution < -0.4 is 5.32 Å². The minimum absolute atomic E-state index is 0.166. The van der Waals surface area contributed by atoms with E-state index in [-0.39, 0.29) is 18.4 Å². The van der Waals surface area contributed by atoms with Gasteiger partial charge in [-0.05, 0) is 46.1 Å². The molecule has 0 aromatic carbocycles. The second-order valence-corrected chi connectivity index (χ2v) is 5.78. The number of amides is 1. The van der Waals surface area contributed by atoms with Crippen molar-refractivity contribution in [1.29, 1.82) is 5.26 Å². The van der Waals surface area contributed by atoms with Gasteiger partial charge >= 0.3 is 0 Å². The molecule has 120 valence electrons. The Morgan fingerprint density at radius 2 is 2.32 bits per heavy atom. The van der Waals surface area contributed by atoms with Crippen molar-refractivity contribution in [2.45, 2.75) is 45.6 Å². The third-order valence-electron chi connectivity index (χ3n) is 4.29. The number of nitrogens with zero attached hydrogens (tertiary/aromatic N) is 2. The highest BCUT2D eigenvalue weighted by Gasteiger charge is 2.26. The average molecular weight is 305 g/mol. The molecule has 6 nitrogen and oxygen atoms in total. The lowest BCUT2D eigenvalue weighted by Gasteiger charge is -2.23. The number of aliphatic hydroxyl groups excluding tert-OH is 1. The molecule has 2 rings (SSSR count). The predicted molar refractivity (Wildman–Crippen MR) is 82.4 cm³/mol. The Hall–Kier alpha value is -1.84. The molecule has 1 fully saturated rings. The Labute approximate surface area is 130 Å². The van der Waals surface area contributed by atoms with Gasteiger partial charge in [-0.15, -0.1) is 0 Å². The molecular formula is C16H23N3O3. The minimum Gasteiger partial charge on any atom is -0.444 e. The standard InChI is InChI=1S/C16H23N3O3/c1-11-12(2)22-16(14(11)9-17)18-15(21)10-19-7-3-5-13(19)6-4-8-20/h13,20H,3-8,10H2,1-2H3,(H,18,21). The third-order valence-corrected chi connectivity index (χ3v) is 4.29. The van der Waals surface area contributed by atoms with Crippen LogP contribution in [0.1, 0.15) is 42.6 Å². The second-order valence-electron chi connectivity index (χ2n) is 5.78. The quantitative estimate of drug-likeness (QED) is 0.838. The third kappa shape index (κ3) is 3.67. The number of carbonyl (C=O) groups excluding carboxylic acids is 1. The SMILES string of the molecule is Cc1oc(NC(=O)CN2CCCC2CCCO)c(C#N)c1C. The van der Waals surface area contributed by atoms with Gasteiger partial charge in [0.1, 0.15) is 17.4 Å². The van der Waals surface area contributed by atoms with E-state index >= 15 is 0 Å². The van der Waals surface area contributed by atoms with Crippen LogP contribution in [-0.4, -0.2) is 41.7 Å². The first-order chi connectivity index (χ1) is 10.6. The van der Waals surface area contributed by atoms with Crippen molar-refractivity contribution in [2.75, 3.05) is 25.0 Å². The molecule has 0 spiro atoms. The summed E-state index contributed by atoms with van der Waals surface area (Å²) in [5.74, 6) is 0.726. The molecular weight excluding hydrogens is 282 g/mol. The molecule has 2 N–H and O–H groups in total. The zero-order valence-electron chi connectivity index (χ0n) is 13.2. The maximum Gasteiger partial charge on any atom is 0.240 e. The summed E-state index contributed by atoms with van der Waals surface area (Å²) < 4.78 is 5.46. The van der Waals surface area contributed by atoms with E-state index in [1.54, 1.807) is 13.8 Å². The summed E-state index contributed by atoms with van der Waals surface area (Å²) in [6, 6.07) is 2.43. The van der Waals surface area contributed by atoms with Crippen LogP contribution in [0.2, 0.25) is 0 Å². The molecule has 1 aliphatic heterocycles. The molecule has 2 heterocycles. The van der Waals surface area contributed by atoms with Crippen LogP contribution in [0.25, 0.3) is 0 Å². The van der Waals surface area contributed by atoms with Crippen molar-refractivity contribution in [3.8, 4) is 6.07 Å². The fraction of sp³-hybridized carbons (Fsp3) is 0.625. The maximum absolute atomic E-state index is 12.2. The first kappa shape index (κ1) is 16.5. The van der Waals surface area contributed by atoms with Gasteiger partial charge in [0.05, 0.1) is 6.54 Å². The summed E-state index contributed by atoms with van der Waals surface area (Å²) in [4.78, 5) is 14.3. The topological polar surface area (TPSA) is 89.5 Å².